The molecule has 7 nitrogen and oxygen atoms in total. The summed E-state index contributed by atoms with van der Waals surface area (Å²) in [6, 6.07) is 12.2. The minimum atomic E-state index is -0.549. The molecule has 0 saturated carbocycles. The van der Waals surface area contributed by atoms with Crippen LogP contribution in [-0.4, -0.2) is 24.3 Å². The highest BCUT2D eigenvalue weighted by Gasteiger charge is 2.35. The molecule has 0 radical (unpaired) electrons. The van der Waals surface area contributed by atoms with Crippen molar-refractivity contribution in [1.82, 2.24) is 10.9 Å². The van der Waals surface area contributed by atoms with Crippen molar-refractivity contribution in [1.29, 1.82) is 0 Å². The molecule has 2 heterocycles. The van der Waals surface area contributed by atoms with Crippen LogP contribution >= 0.6 is 0 Å². The molecule has 7 heteroatoms. The summed E-state index contributed by atoms with van der Waals surface area (Å²) in [6.07, 6.45) is 1.47. The van der Waals surface area contributed by atoms with Crippen molar-refractivity contribution < 1.29 is 18.8 Å². The molecule has 23 heavy (non-hydrogen) atoms. The molecule has 2 aromatic rings. The topological polar surface area (TPSA) is 91.7 Å². The fraction of sp³-hybridized carbons (Fsp3) is 0.188. The Labute approximate surface area is 132 Å². The van der Waals surface area contributed by atoms with Crippen LogP contribution in [0.3, 0.4) is 0 Å². The van der Waals surface area contributed by atoms with Gasteiger partial charge in [-0.05, 0) is 24.3 Å². The van der Waals surface area contributed by atoms with Crippen LogP contribution in [0.25, 0.3) is 0 Å². The number of hydrogen-bond donors (Lipinski definition) is 2. The van der Waals surface area contributed by atoms with E-state index in [1.807, 2.05) is 30.3 Å². The van der Waals surface area contributed by atoms with E-state index in [-0.39, 0.29) is 24.6 Å². The normalized spacial score (nSPS) is 17.1. The maximum absolute atomic E-state index is 12.1. The van der Waals surface area contributed by atoms with Crippen LogP contribution in [-0.2, 0) is 9.59 Å². The Bertz CT molecular complexity index is 712. The lowest BCUT2D eigenvalue weighted by atomic mass is 10.1. The molecule has 1 aromatic carbocycles. The number of furan rings is 1. The highest BCUT2D eigenvalue weighted by molar-refractivity contribution is 6.01. The standard InChI is InChI=1S/C16H15N3O4/c20-14-9-11(10-19(14)12-5-2-1-3-6-12)15(21)17-18-16(22)13-7-4-8-23-13/h1-8,11H,9-10H2,(H,17,21)(H,18,22)/t11-/m1/s1. The third-order valence-corrected chi connectivity index (χ3v) is 3.61. The van der Waals surface area contributed by atoms with Gasteiger partial charge in [0.05, 0.1) is 12.2 Å². The molecule has 1 fully saturated rings. The second kappa shape index (κ2) is 6.35. The second-order valence-corrected chi connectivity index (χ2v) is 5.16. The number of para-hydroxylation sites is 1. The number of anilines is 1. The molecule has 0 spiro atoms. The highest BCUT2D eigenvalue weighted by Crippen LogP contribution is 2.24. The molecule has 0 aliphatic carbocycles. The van der Waals surface area contributed by atoms with Crippen LogP contribution in [0.5, 0.6) is 0 Å². The summed E-state index contributed by atoms with van der Waals surface area (Å²) in [5, 5.41) is 0. The molecule has 3 rings (SSSR count). The summed E-state index contributed by atoms with van der Waals surface area (Å²) in [5.41, 5.74) is 5.35. The van der Waals surface area contributed by atoms with Crippen LogP contribution in [0.2, 0.25) is 0 Å². The van der Waals surface area contributed by atoms with Gasteiger partial charge >= 0.3 is 5.91 Å². The van der Waals surface area contributed by atoms with E-state index in [9.17, 15) is 14.4 Å². The first kappa shape index (κ1) is 14.8. The molecule has 0 bridgehead atoms. The van der Waals surface area contributed by atoms with E-state index in [0.29, 0.717) is 0 Å². The van der Waals surface area contributed by atoms with Gasteiger partial charge in [0.1, 0.15) is 0 Å². The van der Waals surface area contributed by atoms with Crippen LogP contribution in [0.4, 0.5) is 5.69 Å². The van der Waals surface area contributed by atoms with Gasteiger partial charge in [-0.3, -0.25) is 25.2 Å². The van der Waals surface area contributed by atoms with E-state index in [2.05, 4.69) is 10.9 Å². The lowest BCUT2D eigenvalue weighted by Crippen LogP contribution is -2.45. The van der Waals surface area contributed by atoms with Gasteiger partial charge < -0.3 is 9.32 Å². The van der Waals surface area contributed by atoms with Crippen LogP contribution in [0.15, 0.2) is 53.1 Å². The van der Waals surface area contributed by atoms with Gasteiger partial charge in [0.2, 0.25) is 11.8 Å². The molecule has 1 saturated heterocycles. The Balaban J connectivity index is 1.57. The number of hydrogen-bond acceptors (Lipinski definition) is 4. The molecule has 2 N–H and O–H groups in total. The van der Waals surface area contributed by atoms with Crippen molar-refractivity contribution in [2.75, 3.05) is 11.4 Å². The minimum absolute atomic E-state index is 0.0960. The Morgan fingerprint density at radius 3 is 2.57 bits per heavy atom. The highest BCUT2D eigenvalue weighted by atomic mass is 16.3. The van der Waals surface area contributed by atoms with Gasteiger partial charge in [-0.15, -0.1) is 0 Å². The van der Waals surface area contributed by atoms with E-state index in [1.165, 1.54) is 12.3 Å². The lowest BCUT2D eigenvalue weighted by molar-refractivity contribution is -0.126. The number of rotatable bonds is 3. The van der Waals surface area contributed by atoms with Crippen molar-refractivity contribution in [3.63, 3.8) is 0 Å². The molecule has 1 aliphatic rings. The average Bonchev–Trinajstić information content (AvgIpc) is 3.23. The average molecular weight is 313 g/mol. The third-order valence-electron chi connectivity index (χ3n) is 3.61. The smallest absolute Gasteiger partial charge is 0.305 e. The van der Waals surface area contributed by atoms with E-state index >= 15 is 0 Å². The van der Waals surface area contributed by atoms with E-state index in [1.54, 1.807) is 11.0 Å². The quantitative estimate of drug-likeness (QED) is 0.830. The molecular formula is C16H15N3O4. The van der Waals surface area contributed by atoms with Crippen molar-refractivity contribution >= 4 is 23.4 Å². The maximum atomic E-state index is 12.1. The molecule has 1 aliphatic heterocycles. The Morgan fingerprint density at radius 1 is 1.09 bits per heavy atom. The van der Waals surface area contributed by atoms with Crippen LogP contribution in [0.1, 0.15) is 17.0 Å². The van der Waals surface area contributed by atoms with Gasteiger partial charge in [0.15, 0.2) is 5.76 Å². The summed E-state index contributed by atoms with van der Waals surface area (Å²) in [5.74, 6) is -1.49. The summed E-state index contributed by atoms with van der Waals surface area (Å²) in [4.78, 5) is 37.4. The number of nitrogens with one attached hydrogen (secondary N) is 2. The van der Waals surface area contributed by atoms with Crippen molar-refractivity contribution in [2.24, 2.45) is 5.92 Å². The zero-order chi connectivity index (χ0) is 16.2. The fourth-order valence-corrected chi connectivity index (χ4v) is 2.43. The van der Waals surface area contributed by atoms with Crippen molar-refractivity contribution in [2.45, 2.75) is 6.42 Å². The summed E-state index contributed by atoms with van der Waals surface area (Å²) in [6.45, 7) is 0.283. The second-order valence-electron chi connectivity index (χ2n) is 5.16. The summed E-state index contributed by atoms with van der Waals surface area (Å²) >= 11 is 0. The van der Waals surface area contributed by atoms with E-state index in [0.717, 1.165) is 5.69 Å². The van der Waals surface area contributed by atoms with Gasteiger partial charge in [0, 0.05) is 18.7 Å². The van der Waals surface area contributed by atoms with Gasteiger partial charge in [-0.1, -0.05) is 18.2 Å². The fourth-order valence-electron chi connectivity index (χ4n) is 2.43. The molecule has 0 unspecified atom stereocenters. The zero-order valence-electron chi connectivity index (χ0n) is 12.2. The lowest BCUT2D eigenvalue weighted by Gasteiger charge is -2.16. The largest absolute Gasteiger partial charge is 0.459 e. The molecule has 1 aromatic heterocycles. The van der Waals surface area contributed by atoms with E-state index < -0.39 is 17.7 Å². The number of amides is 3. The number of carbonyl (C=O) groups is 3. The SMILES string of the molecule is O=C(NNC(=O)[C@@H]1CC(=O)N(c2ccccc2)C1)c1ccco1. The van der Waals surface area contributed by atoms with Gasteiger partial charge in [-0.2, -0.15) is 0 Å². The monoisotopic (exact) mass is 313 g/mol. The predicted octanol–water partition coefficient (Wildman–Crippen LogP) is 1.09. The van der Waals surface area contributed by atoms with Crippen molar-refractivity contribution in [3.05, 3.63) is 54.5 Å². The number of benzene rings is 1. The number of hydrazine groups is 1. The Hall–Kier alpha value is -3.09. The first-order valence-electron chi connectivity index (χ1n) is 7.14. The molecule has 3 amide bonds. The summed E-state index contributed by atoms with van der Waals surface area (Å²) in [7, 11) is 0. The van der Waals surface area contributed by atoms with E-state index in [4.69, 9.17) is 4.42 Å². The van der Waals surface area contributed by atoms with Crippen molar-refractivity contribution in [3.8, 4) is 0 Å². The predicted molar refractivity (Wildman–Crippen MR) is 81.2 cm³/mol. The van der Waals surface area contributed by atoms with Crippen LogP contribution < -0.4 is 15.8 Å². The van der Waals surface area contributed by atoms with Gasteiger partial charge in [0.25, 0.3) is 0 Å². The maximum Gasteiger partial charge on any atom is 0.305 e. The number of nitrogens with zero attached hydrogens (tertiary/aromatic N) is 1. The first-order valence-corrected chi connectivity index (χ1v) is 7.14. The Kier molecular flexibility index (Phi) is 4.09. The number of carbonyl (C=O) groups excluding carboxylic acids is 3. The van der Waals surface area contributed by atoms with Crippen LogP contribution in [0, 0.1) is 5.92 Å². The first-order chi connectivity index (χ1) is 11.1. The molecular weight excluding hydrogens is 298 g/mol. The van der Waals surface area contributed by atoms with Gasteiger partial charge in [-0.25, -0.2) is 0 Å². The summed E-state index contributed by atoms with van der Waals surface area (Å²) < 4.78 is 4.92. The third kappa shape index (κ3) is 3.23. The molecule has 1 atom stereocenters. The Morgan fingerprint density at radius 2 is 1.87 bits per heavy atom. The minimum Gasteiger partial charge on any atom is -0.459 e. The molecule has 118 valence electrons. The zero-order valence-corrected chi connectivity index (χ0v) is 12.2.